The molecule has 0 bridgehead atoms. The van der Waals surface area contributed by atoms with Crippen molar-refractivity contribution in [1.29, 1.82) is 0 Å². The maximum absolute atomic E-state index is 13.7. The van der Waals surface area contributed by atoms with E-state index in [1.54, 1.807) is 4.98 Å². The van der Waals surface area contributed by atoms with E-state index in [2.05, 4.69) is 12.6 Å². The highest BCUT2D eigenvalue weighted by molar-refractivity contribution is 7.80. The van der Waals surface area contributed by atoms with Crippen LogP contribution in [0.1, 0.15) is 5.69 Å². The number of nitrogens with zero attached hydrogens (tertiary/aromatic N) is 1. The normalized spacial score (nSPS) is 11.7. The minimum absolute atomic E-state index is 0.0520. The van der Waals surface area contributed by atoms with Gasteiger partial charge in [-0.3, -0.25) is 14.3 Å². The van der Waals surface area contributed by atoms with Crippen molar-refractivity contribution < 1.29 is 17.6 Å². The van der Waals surface area contributed by atoms with Crippen molar-refractivity contribution in [3.8, 4) is 5.69 Å². The van der Waals surface area contributed by atoms with Crippen molar-refractivity contribution in [2.45, 2.75) is 11.1 Å². The second-order valence-corrected chi connectivity index (χ2v) is 4.31. The first kappa shape index (κ1) is 14.4. The van der Waals surface area contributed by atoms with Crippen LogP contribution >= 0.6 is 12.6 Å². The Morgan fingerprint density at radius 2 is 1.80 bits per heavy atom. The number of aromatic nitrogens is 2. The Morgan fingerprint density at radius 3 is 2.40 bits per heavy atom. The SMILES string of the molecule is O=c1cc(C(F)(F)F)n(-c2cc(S)ccc2F)c(=O)[nH]1. The predicted octanol–water partition coefficient (Wildman–Crippen LogP) is 1.97. The van der Waals surface area contributed by atoms with E-state index in [-0.39, 0.29) is 15.5 Å². The van der Waals surface area contributed by atoms with E-state index in [0.29, 0.717) is 0 Å². The van der Waals surface area contributed by atoms with Gasteiger partial charge in [0.1, 0.15) is 11.5 Å². The second-order valence-electron chi connectivity index (χ2n) is 3.79. The van der Waals surface area contributed by atoms with Gasteiger partial charge in [-0.2, -0.15) is 13.2 Å². The quantitative estimate of drug-likeness (QED) is 0.625. The number of hydrogen-bond acceptors (Lipinski definition) is 3. The fraction of sp³-hybridized carbons (Fsp3) is 0.0909. The Morgan fingerprint density at radius 1 is 1.15 bits per heavy atom. The molecule has 106 valence electrons. The maximum atomic E-state index is 13.7. The summed E-state index contributed by atoms with van der Waals surface area (Å²) in [4.78, 5) is 24.4. The number of alkyl halides is 3. The molecule has 9 heteroatoms. The monoisotopic (exact) mass is 306 g/mol. The lowest BCUT2D eigenvalue weighted by Gasteiger charge is -2.15. The molecule has 0 atom stereocenters. The number of benzene rings is 1. The average molecular weight is 306 g/mol. The molecule has 0 aliphatic rings. The highest BCUT2D eigenvalue weighted by atomic mass is 32.1. The lowest BCUT2D eigenvalue weighted by Crippen LogP contribution is -2.34. The van der Waals surface area contributed by atoms with Gasteiger partial charge in [0.25, 0.3) is 5.56 Å². The number of rotatable bonds is 1. The van der Waals surface area contributed by atoms with E-state index in [9.17, 15) is 27.2 Å². The van der Waals surface area contributed by atoms with E-state index in [1.165, 1.54) is 6.07 Å². The minimum atomic E-state index is -4.99. The summed E-state index contributed by atoms with van der Waals surface area (Å²) < 4.78 is 52.3. The molecule has 0 fully saturated rings. The molecule has 4 nitrogen and oxygen atoms in total. The number of thiol groups is 1. The zero-order chi connectivity index (χ0) is 15.1. The summed E-state index contributed by atoms with van der Waals surface area (Å²) in [6, 6.07) is 3.22. The zero-order valence-electron chi connectivity index (χ0n) is 9.53. The molecule has 1 aromatic carbocycles. The van der Waals surface area contributed by atoms with Crippen molar-refractivity contribution >= 4 is 12.6 Å². The molecule has 1 N–H and O–H groups in total. The molecular weight excluding hydrogens is 300 g/mol. The van der Waals surface area contributed by atoms with Crippen LogP contribution in [0.3, 0.4) is 0 Å². The van der Waals surface area contributed by atoms with Gasteiger partial charge in [-0.15, -0.1) is 12.6 Å². The molecule has 0 spiro atoms. The Bertz CT molecular complexity index is 779. The first-order valence-corrected chi connectivity index (χ1v) is 5.57. The van der Waals surface area contributed by atoms with Crippen LogP contribution in [0.15, 0.2) is 38.8 Å². The van der Waals surface area contributed by atoms with Crippen LogP contribution in [0.4, 0.5) is 17.6 Å². The minimum Gasteiger partial charge on any atom is -0.274 e. The summed E-state index contributed by atoms with van der Waals surface area (Å²) in [5, 5.41) is 0. The zero-order valence-corrected chi connectivity index (χ0v) is 10.4. The second kappa shape index (κ2) is 4.82. The van der Waals surface area contributed by atoms with Crippen LogP contribution in [0.5, 0.6) is 0 Å². The fourth-order valence-electron chi connectivity index (χ4n) is 1.62. The molecule has 2 rings (SSSR count). The fourth-order valence-corrected chi connectivity index (χ4v) is 1.81. The van der Waals surface area contributed by atoms with Gasteiger partial charge in [0, 0.05) is 11.0 Å². The van der Waals surface area contributed by atoms with Crippen molar-refractivity contribution in [2.75, 3.05) is 0 Å². The lowest BCUT2D eigenvalue weighted by atomic mass is 10.2. The molecule has 20 heavy (non-hydrogen) atoms. The summed E-state index contributed by atoms with van der Waals surface area (Å²) >= 11 is 3.88. The van der Waals surface area contributed by atoms with Crippen LogP contribution < -0.4 is 11.2 Å². The summed E-state index contributed by atoms with van der Waals surface area (Å²) in [6.07, 6.45) is -4.99. The standard InChI is InChI=1S/C11H6F4N2O2S/c12-6-2-1-5(20)3-7(6)17-8(11(13,14)15)4-9(18)16-10(17)19/h1-4,20H,(H,16,18,19). The largest absolute Gasteiger partial charge is 0.432 e. The summed E-state index contributed by atoms with van der Waals surface area (Å²) in [6.45, 7) is 0. The van der Waals surface area contributed by atoms with E-state index >= 15 is 0 Å². The highest BCUT2D eigenvalue weighted by Crippen LogP contribution is 2.29. The first-order chi connectivity index (χ1) is 9.20. The predicted molar refractivity (Wildman–Crippen MR) is 64.9 cm³/mol. The van der Waals surface area contributed by atoms with Gasteiger partial charge in [0.15, 0.2) is 0 Å². The van der Waals surface area contributed by atoms with Crippen LogP contribution in [0, 0.1) is 5.82 Å². The molecule has 1 heterocycles. The lowest BCUT2D eigenvalue weighted by molar-refractivity contribution is -0.143. The molecule has 0 aliphatic heterocycles. The van der Waals surface area contributed by atoms with Gasteiger partial charge in [-0.25, -0.2) is 9.18 Å². The first-order valence-electron chi connectivity index (χ1n) is 5.12. The number of H-pyrrole nitrogens is 1. The van der Waals surface area contributed by atoms with Gasteiger partial charge >= 0.3 is 11.9 Å². The summed E-state index contributed by atoms with van der Waals surface area (Å²) in [5.41, 5.74) is -4.82. The van der Waals surface area contributed by atoms with Gasteiger partial charge in [-0.05, 0) is 18.2 Å². The number of nitrogens with one attached hydrogen (secondary N) is 1. The van der Waals surface area contributed by atoms with Gasteiger partial charge in [-0.1, -0.05) is 0 Å². The van der Waals surface area contributed by atoms with Crippen LogP contribution in [0.25, 0.3) is 5.69 Å². The van der Waals surface area contributed by atoms with E-state index in [4.69, 9.17) is 0 Å². The molecule has 0 saturated carbocycles. The maximum Gasteiger partial charge on any atom is 0.432 e. The molecule has 1 aromatic heterocycles. The Hall–Kier alpha value is -2.03. The van der Waals surface area contributed by atoms with Crippen molar-refractivity contribution in [2.24, 2.45) is 0 Å². The third-order valence-corrected chi connectivity index (χ3v) is 2.68. The van der Waals surface area contributed by atoms with Crippen LogP contribution in [0.2, 0.25) is 0 Å². The summed E-state index contributed by atoms with van der Waals surface area (Å²) in [7, 11) is 0. The van der Waals surface area contributed by atoms with E-state index < -0.39 is 34.6 Å². The molecular formula is C11H6F4N2O2S. The van der Waals surface area contributed by atoms with Gasteiger partial charge < -0.3 is 0 Å². The molecule has 2 aromatic rings. The topological polar surface area (TPSA) is 54.9 Å². The van der Waals surface area contributed by atoms with E-state index in [1.807, 2.05) is 0 Å². The Labute approximate surface area is 114 Å². The molecule has 0 radical (unpaired) electrons. The van der Waals surface area contributed by atoms with Crippen molar-refractivity contribution in [3.05, 3.63) is 56.6 Å². The van der Waals surface area contributed by atoms with Crippen LogP contribution in [-0.4, -0.2) is 9.55 Å². The Balaban J connectivity index is 2.90. The number of halogens is 4. The molecule has 0 saturated heterocycles. The average Bonchev–Trinajstić information content (AvgIpc) is 2.31. The number of aromatic amines is 1. The smallest absolute Gasteiger partial charge is 0.274 e. The third-order valence-electron chi connectivity index (χ3n) is 2.40. The molecule has 0 aliphatic carbocycles. The highest BCUT2D eigenvalue weighted by Gasteiger charge is 2.36. The van der Waals surface area contributed by atoms with Gasteiger partial charge in [0.05, 0.1) is 5.69 Å². The van der Waals surface area contributed by atoms with Crippen molar-refractivity contribution in [3.63, 3.8) is 0 Å². The van der Waals surface area contributed by atoms with Crippen LogP contribution in [-0.2, 0) is 6.18 Å². The summed E-state index contributed by atoms with van der Waals surface area (Å²) in [5.74, 6) is -1.05. The van der Waals surface area contributed by atoms with Crippen molar-refractivity contribution in [1.82, 2.24) is 9.55 Å². The van der Waals surface area contributed by atoms with E-state index in [0.717, 1.165) is 12.1 Å². The van der Waals surface area contributed by atoms with Gasteiger partial charge in [0.2, 0.25) is 0 Å². The molecule has 0 amide bonds. The molecule has 0 unspecified atom stereocenters. The third kappa shape index (κ3) is 2.62. The Kier molecular flexibility index (Phi) is 3.46. The number of hydrogen-bond donors (Lipinski definition) is 2.